The Morgan fingerprint density at radius 1 is 1.06 bits per heavy atom. The van der Waals surface area contributed by atoms with Crippen LogP contribution >= 0.6 is 23.2 Å². The van der Waals surface area contributed by atoms with E-state index in [0.29, 0.717) is 65.2 Å². The van der Waals surface area contributed by atoms with Crippen molar-refractivity contribution < 1.29 is 19.1 Å². The number of ether oxygens (including phenoxy) is 1. The van der Waals surface area contributed by atoms with Crippen molar-refractivity contribution in [3.63, 3.8) is 0 Å². The van der Waals surface area contributed by atoms with E-state index in [0.717, 1.165) is 0 Å². The first kappa shape index (κ1) is 26.0. The van der Waals surface area contributed by atoms with E-state index >= 15 is 0 Å². The summed E-state index contributed by atoms with van der Waals surface area (Å²) in [6, 6.07) is 13.0. The molecule has 2 aliphatic heterocycles. The number of carbonyl (C=O) groups excluding carboxylic acids is 3. The van der Waals surface area contributed by atoms with Crippen LogP contribution in [0.25, 0.3) is 0 Å². The molecule has 0 saturated carbocycles. The maximum absolute atomic E-state index is 13.2. The number of halogens is 2. The van der Waals surface area contributed by atoms with Crippen LogP contribution in [0, 0.1) is 0 Å². The third-order valence-corrected chi connectivity index (χ3v) is 6.96. The van der Waals surface area contributed by atoms with E-state index in [-0.39, 0.29) is 18.5 Å². The molecule has 2 aromatic carbocycles. The molecule has 10 heteroatoms. The first-order valence-electron chi connectivity index (χ1n) is 11.8. The minimum absolute atomic E-state index is 0.00622. The maximum Gasteiger partial charge on any atom is 0.338 e. The first-order valence-corrected chi connectivity index (χ1v) is 12.5. The van der Waals surface area contributed by atoms with Crippen LogP contribution in [0.15, 0.2) is 59.8 Å². The SMILES string of the molecule is CCOC(=O)C1=C(CN2CCN(C(=O)c3ccccc3)CC2)N(C)C(=O)NC1c1ccc(Cl)cc1Cl. The number of amides is 3. The lowest BCUT2D eigenvalue weighted by Crippen LogP contribution is -2.53. The van der Waals surface area contributed by atoms with Gasteiger partial charge in [-0.2, -0.15) is 0 Å². The Balaban J connectivity index is 1.59. The topological polar surface area (TPSA) is 82.2 Å². The van der Waals surface area contributed by atoms with E-state index < -0.39 is 12.0 Å². The standard InChI is InChI=1S/C26H28Cl2N4O4/c1-3-36-25(34)22-21(30(2)26(35)29-23(22)19-10-9-18(27)15-20(19)28)16-31-11-13-32(14-12-31)24(33)17-7-5-4-6-8-17/h4-10,15,23H,3,11-14,16H2,1-2H3,(H,29,35). The predicted molar refractivity (Wildman–Crippen MR) is 138 cm³/mol. The second-order valence-electron chi connectivity index (χ2n) is 8.62. The minimum Gasteiger partial charge on any atom is -0.463 e. The number of esters is 1. The summed E-state index contributed by atoms with van der Waals surface area (Å²) in [6.45, 7) is 4.54. The molecule has 0 spiro atoms. The van der Waals surface area contributed by atoms with Crippen molar-refractivity contribution in [2.24, 2.45) is 0 Å². The summed E-state index contributed by atoms with van der Waals surface area (Å²) >= 11 is 12.5. The smallest absolute Gasteiger partial charge is 0.338 e. The van der Waals surface area contributed by atoms with Gasteiger partial charge in [-0.25, -0.2) is 9.59 Å². The first-order chi connectivity index (χ1) is 17.3. The van der Waals surface area contributed by atoms with Crippen LogP contribution in [-0.4, -0.2) is 79.0 Å². The largest absolute Gasteiger partial charge is 0.463 e. The van der Waals surface area contributed by atoms with Gasteiger partial charge in [0, 0.05) is 61.1 Å². The van der Waals surface area contributed by atoms with Crippen LogP contribution in [-0.2, 0) is 9.53 Å². The zero-order chi connectivity index (χ0) is 25.8. The minimum atomic E-state index is -0.784. The Morgan fingerprint density at radius 3 is 2.39 bits per heavy atom. The zero-order valence-electron chi connectivity index (χ0n) is 20.2. The quantitative estimate of drug-likeness (QED) is 0.571. The highest BCUT2D eigenvalue weighted by Crippen LogP contribution is 2.36. The van der Waals surface area contributed by atoms with Crippen molar-refractivity contribution in [1.82, 2.24) is 20.0 Å². The molecule has 0 radical (unpaired) electrons. The summed E-state index contributed by atoms with van der Waals surface area (Å²) < 4.78 is 5.38. The van der Waals surface area contributed by atoms with Crippen molar-refractivity contribution in [2.75, 3.05) is 46.4 Å². The highest BCUT2D eigenvalue weighted by molar-refractivity contribution is 6.35. The molecule has 2 heterocycles. The fourth-order valence-corrected chi connectivity index (χ4v) is 4.97. The number of rotatable bonds is 6. The van der Waals surface area contributed by atoms with Gasteiger partial charge in [-0.05, 0) is 36.8 Å². The zero-order valence-corrected chi connectivity index (χ0v) is 21.7. The summed E-state index contributed by atoms with van der Waals surface area (Å²) in [4.78, 5) is 44.3. The van der Waals surface area contributed by atoms with Crippen LogP contribution in [0.2, 0.25) is 10.0 Å². The second-order valence-corrected chi connectivity index (χ2v) is 9.47. The Hall–Kier alpha value is -3.07. The van der Waals surface area contributed by atoms with Gasteiger partial charge < -0.3 is 15.0 Å². The molecular formula is C26H28Cl2N4O4. The van der Waals surface area contributed by atoms with E-state index in [9.17, 15) is 14.4 Å². The molecule has 1 unspecified atom stereocenters. The Kier molecular flexibility index (Phi) is 8.18. The van der Waals surface area contributed by atoms with E-state index in [1.807, 2.05) is 35.2 Å². The normalized spacial score (nSPS) is 18.8. The Morgan fingerprint density at radius 2 is 1.75 bits per heavy atom. The van der Waals surface area contributed by atoms with E-state index in [4.69, 9.17) is 27.9 Å². The van der Waals surface area contributed by atoms with Gasteiger partial charge in [0.05, 0.1) is 18.2 Å². The van der Waals surface area contributed by atoms with Crippen LogP contribution in [0.3, 0.4) is 0 Å². The van der Waals surface area contributed by atoms with E-state index in [1.165, 1.54) is 4.90 Å². The number of nitrogens with one attached hydrogen (secondary N) is 1. The van der Waals surface area contributed by atoms with Crippen LogP contribution in [0.1, 0.15) is 28.9 Å². The number of piperazine rings is 1. The highest BCUT2D eigenvalue weighted by atomic mass is 35.5. The summed E-state index contributed by atoms with van der Waals surface area (Å²) in [5.74, 6) is -0.526. The molecule has 2 aromatic rings. The van der Waals surface area contributed by atoms with Crippen molar-refractivity contribution in [1.29, 1.82) is 0 Å². The Labute approximate surface area is 220 Å². The molecule has 1 saturated heterocycles. The van der Waals surface area contributed by atoms with Crippen molar-refractivity contribution in [2.45, 2.75) is 13.0 Å². The molecule has 8 nitrogen and oxygen atoms in total. The molecule has 1 fully saturated rings. The van der Waals surface area contributed by atoms with E-state index in [1.54, 1.807) is 32.2 Å². The Bertz CT molecular complexity index is 1180. The van der Waals surface area contributed by atoms with Gasteiger partial charge in [0.1, 0.15) is 0 Å². The molecule has 190 valence electrons. The van der Waals surface area contributed by atoms with Gasteiger partial charge in [0.25, 0.3) is 5.91 Å². The number of urea groups is 1. The number of hydrogen-bond acceptors (Lipinski definition) is 5. The summed E-state index contributed by atoms with van der Waals surface area (Å²) in [5, 5.41) is 3.66. The van der Waals surface area contributed by atoms with E-state index in [2.05, 4.69) is 10.2 Å². The van der Waals surface area contributed by atoms with Crippen molar-refractivity contribution in [3.05, 3.63) is 81.0 Å². The lowest BCUT2D eigenvalue weighted by Gasteiger charge is -2.39. The average Bonchev–Trinajstić information content (AvgIpc) is 2.87. The molecule has 0 aromatic heterocycles. The lowest BCUT2D eigenvalue weighted by atomic mass is 9.94. The van der Waals surface area contributed by atoms with Gasteiger partial charge in [-0.3, -0.25) is 14.6 Å². The van der Waals surface area contributed by atoms with Gasteiger partial charge >= 0.3 is 12.0 Å². The number of carbonyl (C=O) groups is 3. The van der Waals surface area contributed by atoms with Gasteiger partial charge in [-0.1, -0.05) is 47.5 Å². The van der Waals surface area contributed by atoms with Gasteiger partial charge in [-0.15, -0.1) is 0 Å². The van der Waals surface area contributed by atoms with Crippen molar-refractivity contribution in [3.8, 4) is 0 Å². The number of benzene rings is 2. The fraction of sp³-hybridized carbons (Fsp3) is 0.346. The second kappa shape index (κ2) is 11.3. The summed E-state index contributed by atoms with van der Waals surface area (Å²) in [6.07, 6.45) is 0. The predicted octanol–water partition coefficient (Wildman–Crippen LogP) is 3.96. The molecule has 0 bridgehead atoms. The third-order valence-electron chi connectivity index (χ3n) is 6.40. The molecule has 36 heavy (non-hydrogen) atoms. The number of nitrogens with zero attached hydrogens (tertiary/aromatic N) is 3. The lowest BCUT2D eigenvalue weighted by molar-refractivity contribution is -0.139. The summed E-state index contributed by atoms with van der Waals surface area (Å²) in [5.41, 5.74) is 2.08. The molecule has 1 atom stereocenters. The van der Waals surface area contributed by atoms with Crippen molar-refractivity contribution >= 4 is 41.1 Å². The molecule has 1 N–H and O–H groups in total. The summed E-state index contributed by atoms with van der Waals surface area (Å²) in [7, 11) is 1.62. The molecule has 0 aliphatic carbocycles. The van der Waals surface area contributed by atoms with Crippen LogP contribution in [0.4, 0.5) is 4.79 Å². The average molecular weight is 531 g/mol. The maximum atomic E-state index is 13.2. The van der Waals surface area contributed by atoms with Gasteiger partial charge in [0.2, 0.25) is 0 Å². The van der Waals surface area contributed by atoms with Crippen LogP contribution in [0.5, 0.6) is 0 Å². The fourth-order valence-electron chi connectivity index (χ4n) is 4.45. The monoisotopic (exact) mass is 530 g/mol. The van der Waals surface area contributed by atoms with Gasteiger partial charge in [0.15, 0.2) is 0 Å². The molecule has 2 aliphatic rings. The number of hydrogen-bond donors (Lipinski definition) is 1. The molecule has 3 amide bonds. The third kappa shape index (κ3) is 5.51. The molecular weight excluding hydrogens is 503 g/mol. The molecule has 4 rings (SSSR count). The van der Waals surface area contributed by atoms with Crippen LogP contribution < -0.4 is 5.32 Å². The highest BCUT2D eigenvalue weighted by Gasteiger charge is 2.38. The number of likely N-dealkylation sites (N-methyl/N-ethyl adjacent to an activating group) is 1.